The second-order valence-electron chi connectivity index (χ2n) is 6.50. The van der Waals surface area contributed by atoms with Gasteiger partial charge in [-0.25, -0.2) is 0 Å². The third kappa shape index (κ3) is 3.50. The number of carbonyl (C=O) groups is 1. The van der Waals surface area contributed by atoms with Crippen molar-refractivity contribution >= 4 is 27.7 Å². The molecule has 0 aliphatic carbocycles. The first-order chi connectivity index (χ1) is 9.94. The smallest absolute Gasteiger partial charge is 0.168 e. The predicted molar refractivity (Wildman–Crippen MR) is 85.6 cm³/mol. The minimum atomic E-state index is 0. The highest BCUT2D eigenvalue weighted by Gasteiger charge is 2.14. The van der Waals surface area contributed by atoms with Crippen molar-refractivity contribution in [3.8, 4) is 0 Å². The molecule has 0 saturated carbocycles. The molecule has 22 heavy (non-hydrogen) atoms. The molecule has 0 spiro atoms. The van der Waals surface area contributed by atoms with Crippen LogP contribution in [0.2, 0.25) is 0 Å². The molecule has 0 aliphatic rings. The molecular formula is C18H20INO2. The van der Waals surface area contributed by atoms with Gasteiger partial charge in [-0.15, -0.1) is 0 Å². The van der Waals surface area contributed by atoms with Gasteiger partial charge in [0.25, 0.3) is 0 Å². The molecule has 1 heterocycles. The molecule has 3 rings (SSSR count). The molecule has 0 amide bonds. The summed E-state index contributed by atoms with van der Waals surface area (Å²) in [5.41, 5.74) is 2.46. The van der Waals surface area contributed by atoms with Crippen LogP contribution >= 0.6 is 0 Å². The molecule has 0 unspecified atom stereocenters. The highest BCUT2D eigenvalue weighted by atomic mass is 127. The molecular weight excluding hydrogens is 389 g/mol. The van der Waals surface area contributed by atoms with Gasteiger partial charge in [-0.3, -0.25) is 4.79 Å². The van der Waals surface area contributed by atoms with Crippen LogP contribution in [0.4, 0.5) is 0 Å². The highest BCUT2D eigenvalue weighted by molar-refractivity contribution is 6.08. The van der Waals surface area contributed by atoms with Gasteiger partial charge in [0, 0.05) is 16.3 Å². The zero-order valence-electron chi connectivity index (χ0n) is 13.1. The van der Waals surface area contributed by atoms with Crippen LogP contribution in [0.15, 0.2) is 46.9 Å². The Morgan fingerprint density at radius 3 is 2.41 bits per heavy atom. The molecule has 0 bridgehead atoms. The largest absolute Gasteiger partial charge is 1.00 e. The summed E-state index contributed by atoms with van der Waals surface area (Å²) in [4.78, 5) is 12.4. The number of fused-ring (bicyclic) bond motifs is 3. The number of Topliss-reactive ketones (excluding diaryl/α,β-unsaturated/α-hetero) is 1. The Bertz CT molecular complexity index is 815. The lowest BCUT2D eigenvalue weighted by atomic mass is 10.0. The normalized spacial score (nSPS) is 11.6. The standard InChI is InChI=1S/C18H20NO2.HI/c1-19(2,3)11-10-16(20)13-8-9-18-15(12-13)14-6-4-5-7-17(14)21-18;/h4-9,12H,10-11H2,1-3H3;1H/q+1;/p-1. The number of carbonyl (C=O) groups excluding carboxylic acids is 1. The number of halogens is 1. The molecule has 0 N–H and O–H groups in total. The zero-order valence-corrected chi connectivity index (χ0v) is 15.3. The topological polar surface area (TPSA) is 30.2 Å². The number of quaternary nitrogens is 1. The summed E-state index contributed by atoms with van der Waals surface area (Å²) in [6, 6.07) is 13.6. The molecule has 1 aromatic heterocycles. The van der Waals surface area contributed by atoms with Crippen LogP contribution in [-0.4, -0.2) is 38.0 Å². The van der Waals surface area contributed by atoms with Gasteiger partial charge in [0.05, 0.1) is 34.1 Å². The molecule has 0 aliphatic heterocycles. The van der Waals surface area contributed by atoms with Gasteiger partial charge in [0.15, 0.2) is 5.78 Å². The van der Waals surface area contributed by atoms with Crippen molar-refractivity contribution in [2.24, 2.45) is 0 Å². The Morgan fingerprint density at radius 2 is 1.68 bits per heavy atom. The van der Waals surface area contributed by atoms with E-state index in [2.05, 4.69) is 21.1 Å². The lowest BCUT2D eigenvalue weighted by Crippen LogP contribution is -3.00. The number of hydrogen-bond donors (Lipinski definition) is 0. The Morgan fingerprint density at radius 1 is 1.00 bits per heavy atom. The number of rotatable bonds is 4. The SMILES string of the molecule is C[N+](C)(C)CCC(=O)c1ccc2oc3ccccc3c2c1.[I-]. The summed E-state index contributed by atoms with van der Waals surface area (Å²) in [7, 11) is 6.29. The number of benzene rings is 2. The second-order valence-corrected chi connectivity index (χ2v) is 6.50. The fourth-order valence-electron chi connectivity index (χ4n) is 2.48. The zero-order chi connectivity index (χ0) is 15.0. The average molecular weight is 409 g/mol. The molecule has 2 aromatic carbocycles. The van der Waals surface area contributed by atoms with Crippen molar-refractivity contribution in [2.75, 3.05) is 27.7 Å². The van der Waals surface area contributed by atoms with Gasteiger partial charge >= 0.3 is 0 Å². The summed E-state index contributed by atoms with van der Waals surface area (Å²) >= 11 is 0. The molecule has 3 nitrogen and oxygen atoms in total. The lowest BCUT2D eigenvalue weighted by molar-refractivity contribution is -0.869. The van der Waals surface area contributed by atoms with Crippen molar-refractivity contribution in [1.29, 1.82) is 0 Å². The van der Waals surface area contributed by atoms with Crippen LogP contribution in [0.5, 0.6) is 0 Å². The maximum atomic E-state index is 12.4. The van der Waals surface area contributed by atoms with Crippen LogP contribution in [0.25, 0.3) is 21.9 Å². The predicted octanol–water partition coefficient (Wildman–Crippen LogP) is 0.869. The van der Waals surface area contributed by atoms with E-state index in [4.69, 9.17) is 4.42 Å². The molecule has 116 valence electrons. The first-order valence-corrected chi connectivity index (χ1v) is 7.19. The van der Waals surface area contributed by atoms with Crippen LogP contribution in [0.3, 0.4) is 0 Å². The molecule has 0 fully saturated rings. The summed E-state index contributed by atoms with van der Waals surface area (Å²) in [6.07, 6.45) is 0.560. The number of nitrogens with zero attached hydrogens (tertiary/aromatic N) is 1. The van der Waals surface area contributed by atoms with Gasteiger partial charge in [-0.1, -0.05) is 18.2 Å². The Kier molecular flexibility index (Phi) is 4.92. The summed E-state index contributed by atoms with van der Waals surface area (Å²) in [5.74, 6) is 0.190. The fourth-order valence-corrected chi connectivity index (χ4v) is 2.48. The summed E-state index contributed by atoms with van der Waals surface area (Å²) in [5, 5.41) is 2.08. The molecule has 4 heteroatoms. The first kappa shape index (κ1) is 17.0. The number of para-hydroxylation sites is 1. The van der Waals surface area contributed by atoms with Gasteiger partial charge in [-0.2, -0.15) is 0 Å². The van der Waals surface area contributed by atoms with Gasteiger partial charge in [0.1, 0.15) is 11.2 Å². The van der Waals surface area contributed by atoms with E-state index in [-0.39, 0.29) is 29.8 Å². The van der Waals surface area contributed by atoms with E-state index in [1.807, 2.05) is 42.5 Å². The lowest BCUT2D eigenvalue weighted by Gasteiger charge is -2.23. The number of ketones is 1. The quantitative estimate of drug-likeness (QED) is 0.364. The Hall–Kier alpha value is -1.40. The maximum absolute atomic E-state index is 12.4. The minimum absolute atomic E-state index is 0. The highest BCUT2D eigenvalue weighted by Crippen LogP contribution is 2.29. The third-order valence-corrected chi connectivity index (χ3v) is 3.71. The number of hydrogen-bond acceptors (Lipinski definition) is 2. The van der Waals surface area contributed by atoms with E-state index in [1.54, 1.807) is 0 Å². The van der Waals surface area contributed by atoms with Gasteiger partial charge in [-0.05, 0) is 24.3 Å². The number of furan rings is 1. The van der Waals surface area contributed by atoms with Crippen molar-refractivity contribution in [2.45, 2.75) is 6.42 Å². The van der Waals surface area contributed by atoms with Crippen molar-refractivity contribution in [3.05, 3.63) is 48.0 Å². The van der Waals surface area contributed by atoms with Gasteiger partial charge in [0.2, 0.25) is 0 Å². The van der Waals surface area contributed by atoms with E-state index in [1.165, 1.54) is 0 Å². The molecule has 0 saturated heterocycles. The van der Waals surface area contributed by atoms with Crippen LogP contribution < -0.4 is 24.0 Å². The summed E-state index contributed by atoms with van der Waals surface area (Å²) in [6.45, 7) is 0.836. The second kappa shape index (κ2) is 6.38. The Labute approximate surface area is 147 Å². The van der Waals surface area contributed by atoms with Crippen LogP contribution in [-0.2, 0) is 0 Å². The van der Waals surface area contributed by atoms with E-state index in [9.17, 15) is 4.79 Å². The fraction of sp³-hybridized carbons (Fsp3) is 0.278. The van der Waals surface area contributed by atoms with E-state index in [0.29, 0.717) is 6.42 Å². The Balaban J connectivity index is 0.00000176. The minimum Gasteiger partial charge on any atom is -1.00 e. The van der Waals surface area contributed by atoms with E-state index >= 15 is 0 Å². The third-order valence-electron chi connectivity index (χ3n) is 3.71. The average Bonchev–Trinajstić information content (AvgIpc) is 2.81. The van der Waals surface area contributed by atoms with Gasteiger partial charge < -0.3 is 32.9 Å². The maximum Gasteiger partial charge on any atom is 0.168 e. The van der Waals surface area contributed by atoms with Crippen LogP contribution in [0, 0.1) is 0 Å². The summed E-state index contributed by atoms with van der Waals surface area (Å²) < 4.78 is 6.58. The van der Waals surface area contributed by atoms with E-state index < -0.39 is 0 Å². The van der Waals surface area contributed by atoms with Crippen LogP contribution in [0.1, 0.15) is 16.8 Å². The van der Waals surface area contributed by atoms with E-state index in [0.717, 1.165) is 38.5 Å². The van der Waals surface area contributed by atoms with Crippen molar-refractivity contribution < 1.29 is 37.7 Å². The first-order valence-electron chi connectivity index (χ1n) is 7.19. The molecule has 3 aromatic rings. The molecule has 0 radical (unpaired) electrons. The molecule has 0 atom stereocenters. The van der Waals surface area contributed by atoms with Crippen molar-refractivity contribution in [1.82, 2.24) is 0 Å². The van der Waals surface area contributed by atoms with Crippen molar-refractivity contribution in [3.63, 3.8) is 0 Å². The monoisotopic (exact) mass is 409 g/mol.